The van der Waals surface area contributed by atoms with Gasteiger partial charge in [-0.15, -0.1) is 0 Å². The molecule has 22 heavy (non-hydrogen) atoms. The van der Waals surface area contributed by atoms with E-state index in [2.05, 4.69) is 9.55 Å². The van der Waals surface area contributed by atoms with Crippen LogP contribution in [0.4, 0.5) is 0 Å². The van der Waals surface area contributed by atoms with Crippen LogP contribution >= 0.6 is 11.8 Å². The number of imidazole rings is 1. The molecule has 0 aliphatic carbocycles. The lowest BCUT2D eigenvalue weighted by Crippen LogP contribution is -2.00. The number of carbonyl (C=O) groups is 1. The van der Waals surface area contributed by atoms with Crippen LogP contribution in [0.2, 0.25) is 0 Å². The number of fused-ring (bicyclic) bond motifs is 1. The molecule has 0 amide bonds. The molecule has 2 aromatic carbocycles. The van der Waals surface area contributed by atoms with Crippen LogP contribution in [0.25, 0.3) is 11.0 Å². The van der Waals surface area contributed by atoms with E-state index in [4.69, 9.17) is 4.74 Å². The maximum absolute atomic E-state index is 12.5. The van der Waals surface area contributed by atoms with Crippen molar-refractivity contribution in [3.05, 3.63) is 54.1 Å². The molecule has 0 radical (unpaired) electrons. The Kier molecular flexibility index (Phi) is 4.15. The molecule has 0 saturated heterocycles. The van der Waals surface area contributed by atoms with Gasteiger partial charge in [0.15, 0.2) is 5.16 Å². The number of aromatic nitrogens is 2. The molecule has 0 fully saturated rings. The van der Waals surface area contributed by atoms with Crippen LogP contribution < -0.4 is 4.74 Å². The zero-order valence-electron chi connectivity index (χ0n) is 12.4. The summed E-state index contributed by atoms with van der Waals surface area (Å²) in [6.07, 6.45) is 0. The van der Waals surface area contributed by atoms with Crippen LogP contribution in [0.15, 0.2) is 53.7 Å². The van der Waals surface area contributed by atoms with Crippen molar-refractivity contribution in [3.63, 3.8) is 0 Å². The quantitative estimate of drug-likeness (QED) is 0.683. The van der Waals surface area contributed by atoms with Gasteiger partial charge in [0, 0.05) is 12.1 Å². The van der Waals surface area contributed by atoms with Gasteiger partial charge in [-0.1, -0.05) is 24.3 Å². The summed E-state index contributed by atoms with van der Waals surface area (Å²) in [7, 11) is 1.59. The standard InChI is InChI=1S/C17H16N2O2S/c1-3-19-15-10-5-4-9-14(15)18-17(19)22-16(20)12-7-6-8-13(11-12)21-2/h4-11H,3H2,1-2H3. The summed E-state index contributed by atoms with van der Waals surface area (Å²) in [5.41, 5.74) is 2.57. The van der Waals surface area contributed by atoms with Crippen LogP contribution in [0.3, 0.4) is 0 Å². The van der Waals surface area contributed by atoms with E-state index in [0.717, 1.165) is 34.5 Å². The predicted octanol–water partition coefficient (Wildman–Crippen LogP) is 4.00. The Morgan fingerprint density at radius 3 is 2.82 bits per heavy atom. The van der Waals surface area contributed by atoms with E-state index in [1.54, 1.807) is 19.2 Å². The molecule has 0 aliphatic rings. The van der Waals surface area contributed by atoms with E-state index in [9.17, 15) is 4.79 Å². The maximum Gasteiger partial charge on any atom is 0.227 e. The summed E-state index contributed by atoms with van der Waals surface area (Å²) in [6.45, 7) is 2.82. The number of methoxy groups -OCH3 is 1. The molecule has 0 spiro atoms. The molecule has 0 aliphatic heterocycles. The monoisotopic (exact) mass is 312 g/mol. The van der Waals surface area contributed by atoms with Crippen LogP contribution in [0.5, 0.6) is 5.75 Å². The van der Waals surface area contributed by atoms with Gasteiger partial charge in [0.25, 0.3) is 0 Å². The number of benzene rings is 2. The van der Waals surface area contributed by atoms with Crippen molar-refractivity contribution in [2.75, 3.05) is 7.11 Å². The molecular formula is C17H16N2O2S. The normalized spacial score (nSPS) is 10.8. The first kappa shape index (κ1) is 14.7. The molecule has 0 N–H and O–H groups in total. The lowest BCUT2D eigenvalue weighted by molar-refractivity contribution is 0.108. The minimum absolute atomic E-state index is 0.0380. The van der Waals surface area contributed by atoms with E-state index >= 15 is 0 Å². The minimum atomic E-state index is -0.0380. The molecule has 3 aromatic rings. The number of rotatable bonds is 4. The third kappa shape index (κ3) is 2.72. The highest BCUT2D eigenvalue weighted by Gasteiger charge is 2.15. The molecule has 0 unspecified atom stereocenters. The summed E-state index contributed by atoms with van der Waals surface area (Å²) in [4.78, 5) is 17.0. The number of thioether (sulfide) groups is 1. The summed E-state index contributed by atoms with van der Waals surface area (Å²) < 4.78 is 7.22. The highest BCUT2D eigenvalue weighted by atomic mass is 32.2. The second kappa shape index (κ2) is 6.23. The molecule has 3 rings (SSSR count). The fourth-order valence-corrected chi connectivity index (χ4v) is 3.22. The Balaban J connectivity index is 1.93. The van der Waals surface area contributed by atoms with Crippen LogP contribution in [0, 0.1) is 0 Å². The smallest absolute Gasteiger partial charge is 0.227 e. The Bertz CT molecular complexity index is 826. The van der Waals surface area contributed by atoms with Crippen molar-refractivity contribution < 1.29 is 9.53 Å². The third-order valence-corrected chi connectivity index (χ3v) is 4.34. The number of nitrogens with zero attached hydrogens (tertiary/aromatic N) is 2. The number of carbonyl (C=O) groups excluding carboxylic acids is 1. The summed E-state index contributed by atoms with van der Waals surface area (Å²) in [5.74, 6) is 0.676. The SMILES string of the molecule is CCn1c(SC(=O)c2cccc(OC)c2)nc2ccccc21. The van der Waals surface area contributed by atoms with Gasteiger partial charge in [-0.05, 0) is 43.0 Å². The zero-order valence-corrected chi connectivity index (χ0v) is 13.3. The highest BCUT2D eigenvalue weighted by molar-refractivity contribution is 8.14. The molecule has 0 bridgehead atoms. The first-order valence-corrected chi connectivity index (χ1v) is 7.86. The van der Waals surface area contributed by atoms with Crippen molar-refractivity contribution in [2.24, 2.45) is 0 Å². The Morgan fingerprint density at radius 2 is 2.05 bits per heavy atom. The van der Waals surface area contributed by atoms with Crippen LogP contribution in [-0.2, 0) is 6.54 Å². The van der Waals surface area contributed by atoms with Gasteiger partial charge >= 0.3 is 0 Å². The first-order valence-electron chi connectivity index (χ1n) is 7.04. The second-order valence-corrected chi connectivity index (χ2v) is 5.69. The number of para-hydroxylation sites is 2. The fourth-order valence-electron chi connectivity index (χ4n) is 2.33. The lowest BCUT2D eigenvalue weighted by atomic mass is 10.2. The third-order valence-electron chi connectivity index (χ3n) is 3.43. The van der Waals surface area contributed by atoms with Crippen LogP contribution in [0.1, 0.15) is 17.3 Å². The largest absolute Gasteiger partial charge is 0.497 e. The predicted molar refractivity (Wildman–Crippen MR) is 88.6 cm³/mol. The molecule has 0 saturated carbocycles. The van der Waals surface area contributed by atoms with Crippen molar-refractivity contribution in [2.45, 2.75) is 18.6 Å². The van der Waals surface area contributed by atoms with E-state index in [-0.39, 0.29) is 5.12 Å². The van der Waals surface area contributed by atoms with Crippen molar-refractivity contribution in [1.82, 2.24) is 9.55 Å². The van der Waals surface area contributed by atoms with Crippen molar-refractivity contribution in [1.29, 1.82) is 0 Å². The number of hydrogen-bond donors (Lipinski definition) is 0. The Labute approximate surface area is 133 Å². The first-order chi connectivity index (χ1) is 10.7. The molecule has 0 atom stereocenters. The molecule has 5 heteroatoms. The van der Waals surface area contributed by atoms with Gasteiger partial charge in [-0.25, -0.2) is 4.98 Å². The van der Waals surface area contributed by atoms with Crippen molar-refractivity contribution >= 4 is 27.9 Å². The van der Waals surface area contributed by atoms with Crippen LogP contribution in [-0.4, -0.2) is 21.8 Å². The zero-order chi connectivity index (χ0) is 15.5. The molecule has 1 aromatic heterocycles. The van der Waals surface area contributed by atoms with Gasteiger partial charge in [-0.3, -0.25) is 4.79 Å². The molecule has 1 heterocycles. The number of aryl methyl sites for hydroxylation is 1. The topological polar surface area (TPSA) is 44.1 Å². The Morgan fingerprint density at radius 1 is 1.23 bits per heavy atom. The average Bonchev–Trinajstić information content (AvgIpc) is 2.91. The molecule has 112 valence electrons. The van der Waals surface area contributed by atoms with E-state index in [1.165, 1.54) is 0 Å². The van der Waals surface area contributed by atoms with E-state index in [0.29, 0.717) is 11.3 Å². The highest BCUT2D eigenvalue weighted by Crippen LogP contribution is 2.27. The molecular weight excluding hydrogens is 296 g/mol. The lowest BCUT2D eigenvalue weighted by Gasteiger charge is -2.06. The van der Waals surface area contributed by atoms with E-state index < -0.39 is 0 Å². The Hall–Kier alpha value is -2.27. The summed E-state index contributed by atoms with van der Waals surface area (Å²) in [5, 5.41) is 0.681. The summed E-state index contributed by atoms with van der Waals surface area (Å²) >= 11 is 1.15. The van der Waals surface area contributed by atoms with Gasteiger partial charge in [-0.2, -0.15) is 0 Å². The number of hydrogen-bond acceptors (Lipinski definition) is 4. The maximum atomic E-state index is 12.5. The fraction of sp³-hybridized carbons (Fsp3) is 0.176. The molecule has 4 nitrogen and oxygen atoms in total. The minimum Gasteiger partial charge on any atom is -0.497 e. The van der Waals surface area contributed by atoms with Crippen molar-refractivity contribution in [3.8, 4) is 5.75 Å². The van der Waals surface area contributed by atoms with Gasteiger partial charge < -0.3 is 9.30 Å². The van der Waals surface area contributed by atoms with E-state index in [1.807, 2.05) is 43.3 Å². The average molecular weight is 312 g/mol. The number of ether oxygens (including phenoxy) is 1. The summed E-state index contributed by atoms with van der Waals surface area (Å²) in [6, 6.07) is 15.1. The van der Waals surface area contributed by atoms with Gasteiger partial charge in [0.1, 0.15) is 5.75 Å². The second-order valence-electron chi connectivity index (χ2n) is 4.75. The van der Waals surface area contributed by atoms with Gasteiger partial charge in [0.2, 0.25) is 5.12 Å². The van der Waals surface area contributed by atoms with Gasteiger partial charge in [0.05, 0.1) is 18.1 Å².